The van der Waals surface area contributed by atoms with Crippen LogP contribution in [-0.2, 0) is 10.0 Å². The maximum absolute atomic E-state index is 13.8. The molecule has 3 aromatic rings. The third kappa shape index (κ3) is 5.31. The minimum atomic E-state index is -3.60. The molecule has 2 saturated heterocycles. The van der Waals surface area contributed by atoms with E-state index < -0.39 is 16.1 Å². The van der Waals surface area contributed by atoms with Crippen molar-refractivity contribution in [2.24, 2.45) is 0 Å². The van der Waals surface area contributed by atoms with Crippen LogP contribution in [0.2, 0.25) is 5.02 Å². The molecule has 3 unspecified atom stereocenters. The van der Waals surface area contributed by atoms with Gasteiger partial charge in [-0.3, -0.25) is 9.52 Å². The quantitative estimate of drug-likeness (QED) is 0.417. The number of aliphatic hydroxyl groups is 1. The van der Waals surface area contributed by atoms with Crippen LogP contribution in [0, 0.1) is 6.92 Å². The summed E-state index contributed by atoms with van der Waals surface area (Å²) in [4.78, 5) is 22.4. The number of nitrogens with one attached hydrogen (secondary N) is 2. The number of aliphatic hydroxyl groups excluding tert-OH is 1. The van der Waals surface area contributed by atoms with E-state index >= 15 is 0 Å². The molecule has 5 rings (SSSR count). The van der Waals surface area contributed by atoms with Gasteiger partial charge in [0.2, 0.25) is 10.0 Å². The Morgan fingerprint density at radius 2 is 2.00 bits per heavy atom. The van der Waals surface area contributed by atoms with Crippen LogP contribution >= 0.6 is 11.6 Å². The van der Waals surface area contributed by atoms with Gasteiger partial charge in [-0.25, -0.2) is 17.9 Å². The zero-order valence-corrected chi connectivity index (χ0v) is 23.1. The minimum Gasteiger partial charge on any atom is -0.390 e. The van der Waals surface area contributed by atoms with E-state index in [4.69, 9.17) is 21.7 Å². The zero-order valence-electron chi connectivity index (χ0n) is 21.6. The van der Waals surface area contributed by atoms with E-state index in [0.717, 1.165) is 42.6 Å². The van der Waals surface area contributed by atoms with Crippen molar-refractivity contribution in [3.8, 4) is 0 Å². The van der Waals surface area contributed by atoms with Crippen LogP contribution in [0.3, 0.4) is 0 Å². The number of rotatable bonds is 6. The molecule has 204 valence electrons. The summed E-state index contributed by atoms with van der Waals surface area (Å²) in [6, 6.07) is 6.12. The number of β-amino-alcohol motifs (C(OH)–C–C–N with tert-alkyl or cyclic N) is 1. The summed E-state index contributed by atoms with van der Waals surface area (Å²) in [6.07, 6.45) is 4.96. The van der Waals surface area contributed by atoms with Gasteiger partial charge < -0.3 is 20.2 Å². The van der Waals surface area contributed by atoms with E-state index in [1.165, 1.54) is 12.1 Å². The predicted octanol–water partition coefficient (Wildman–Crippen LogP) is 2.20. The smallest absolute Gasteiger partial charge is 0.256 e. The summed E-state index contributed by atoms with van der Waals surface area (Å²) in [5, 5.41) is 18.6. The molecule has 3 atom stereocenters. The SMILES string of the molecule is CNC1CN(c2nc3cc(C4CCCCN4C(=O)c4cc(Cl)ccc4NS(C)(=O)=O)nn3cc2C)CC1O. The molecule has 2 aromatic heterocycles. The number of nitrogens with zero attached hydrogens (tertiary/aromatic N) is 5. The number of fused-ring (bicyclic) bond motifs is 1. The Balaban J connectivity index is 1.47. The van der Waals surface area contributed by atoms with Gasteiger partial charge in [-0.05, 0) is 51.4 Å². The van der Waals surface area contributed by atoms with Crippen LogP contribution in [0.1, 0.15) is 46.9 Å². The standard InChI is InChI=1S/C25H32ClN7O4S/c1-15-12-33-23(28-24(15)31-13-20(27-2)22(34)14-31)11-19(29-33)21-6-4-5-9-32(21)25(35)17-10-16(26)7-8-18(17)30-38(3,36)37/h7-8,10-12,20-22,27,30,34H,4-6,9,13-14H2,1-3H3. The third-order valence-corrected chi connectivity index (χ3v) is 8.02. The highest BCUT2D eigenvalue weighted by Gasteiger charge is 2.34. The van der Waals surface area contributed by atoms with E-state index in [1.54, 1.807) is 15.5 Å². The summed E-state index contributed by atoms with van der Waals surface area (Å²) < 4.78 is 28.0. The summed E-state index contributed by atoms with van der Waals surface area (Å²) in [6.45, 7) is 3.62. The number of halogens is 1. The number of aromatic nitrogens is 3. The van der Waals surface area contributed by atoms with Gasteiger partial charge in [-0.15, -0.1) is 0 Å². The Morgan fingerprint density at radius 3 is 2.71 bits per heavy atom. The predicted molar refractivity (Wildman–Crippen MR) is 146 cm³/mol. The van der Waals surface area contributed by atoms with Gasteiger partial charge >= 0.3 is 0 Å². The fraction of sp³-hybridized carbons (Fsp3) is 0.480. The lowest BCUT2D eigenvalue weighted by Gasteiger charge is -2.35. The van der Waals surface area contributed by atoms with Gasteiger partial charge in [0.15, 0.2) is 5.65 Å². The Labute approximate surface area is 226 Å². The molecule has 11 nitrogen and oxygen atoms in total. The second-order valence-corrected chi connectivity index (χ2v) is 12.2. The minimum absolute atomic E-state index is 0.0247. The van der Waals surface area contributed by atoms with Gasteiger partial charge in [0, 0.05) is 42.5 Å². The Bertz CT molecular complexity index is 1480. The average molecular weight is 562 g/mol. The highest BCUT2D eigenvalue weighted by Crippen LogP contribution is 2.34. The fourth-order valence-electron chi connectivity index (χ4n) is 5.36. The van der Waals surface area contributed by atoms with Crippen molar-refractivity contribution in [2.45, 2.75) is 44.4 Å². The van der Waals surface area contributed by atoms with Crippen LogP contribution in [0.15, 0.2) is 30.5 Å². The van der Waals surface area contributed by atoms with Crippen molar-refractivity contribution in [3.63, 3.8) is 0 Å². The number of hydrogen-bond donors (Lipinski definition) is 3. The molecule has 13 heteroatoms. The zero-order chi connectivity index (χ0) is 27.2. The highest BCUT2D eigenvalue weighted by atomic mass is 35.5. The topological polar surface area (TPSA) is 132 Å². The molecule has 0 aliphatic carbocycles. The molecule has 38 heavy (non-hydrogen) atoms. The molecule has 0 spiro atoms. The van der Waals surface area contributed by atoms with Gasteiger partial charge in [0.05, 0.1) is 41.4 Å². The van der Waals surface area contributed by atoms with Crippen LogP contribution < -0.4 is 14.9 Å². The van der Waals surface area contributed by atoms with Gasteiger partial charge in [0.1, 0.15) is 5.82 Å². The Morgan fingerprint density at radius 1 is 1.21 bits per heavy atom. The number of aryl methyl sites for hydroxylation is 1. The van der Waals surface area contributed by atoms with Crippen molar-refractivity contribution in [1.82, 2.24) is 24.8 Å². The number of benzene rings is 1. The maximum Gasteiger partial charge on any atom is 0.256 e. The third-order valence-electron chi connectivity index (χ3n) is 7.20. The van der Waals surface area contributed by atoms with Crippen LogP contribution in [0.4, 0.5) is 11.5 Å². The molecule has 1 amide bonds. The van der Waals surface area contributed by atoms with E-state index in [2.05, 4.69) is 14.9 Å². The molecular weight excluding hydrogens is 530 g/mol. The van der Waals surface area contributed by atoms with Crippen LogP contribution in [-0.4, -0.2) is 84.0 Å². The van der Waals surface area contributed by atoms with E-state index in [9.17, 15) is 18.3 Å². The molecule has 2 fully saturated rings. The Kier molecular flexibility index (Phi) is 7.25. The molecule has 3 N–H and O–H groups in total. The molecule has 0 bridgehead atoms. The molecule has 2 aliphatic heterocycles. The molecule has 2 aliphatic rings. The first-order chi connectivity index (χ1) is 18.0. The second kappa shape index (κ2) is 10.3. The van der Waals surface area contributed by atoms with Gasteiger partial charge in [0.25, 0.3) is 5.91 Å². The number of likely N-dealkylation sites (N-methyl/N-ethyl adjacent to an activating group) is 1. The summed E-state index contributed by atoms with van der Waals surface area (Å²) in [5.74, 6) is 0.488. The van der Waals surface area contributed by atoms with E-state index in [-0.39, 0.29) is 29.2 Å². The molecular formula is C25H32ClN7O4S. The molecule has 0 saturated carbocycles. The lowest BCUT2D eigenvalue weighted by molar-refractivity contribution is 0.0607. The van der Waals surface area contributed by atoms with Crippen LogP contribution in [0.25, 0.3) is 5.65 Å². The van der Waals surface area contributed by atoms with E-state index in [0.29, 0.717) is 30.3 Å². The molecule has 1 aromatic carbocycles. The first-order valence-electron chi connectivity index (χ1n) is 12.6. The number of anilines is 2. The molecule has 0 radical (unpaired) electrons. The number of amides is 1. The largest absolute Gasteiger partial charge is 0.390 e. The van der Waals surface area contributed by atoms with Crippen molar-refractivity contribution in [1.29, 1.82) is 0 Å². The lowest BCUT2D eigenvalue weighted by atomic mass is 9.98. The number of likely N-dealkylation sites (tertiary alicyclic amines) is 1. The normalized spacial score (nSPS) is 22.3. The number of carbonyl (C=O) groups excluding carboxylic acids is 1. The van der Waals surface area contributed by atoms with Gasteiger partial charge in [-0.2, -0.15) is 5.10 Å². The number of carbonyl (C=O) groups is 1. The fourth-order valence-corrected chi connectivity index (χ4v) is 6.11. The number of sulfonamides is 1. The first kappa shape index (κ1) is 26.7. The number of piperidine rings is 1. The summed E-state index contributed by atoms with van der Waals surface area (Å²) >= 11 is 6.19. The first-order valence-corrected chi connectivity index (χ1v) is 14.9. The van der Waals surface area contributed by atoms with Crippen molar-refractivity contribution < 1.29 is 18.3 Å². The second-order valence-electron chi connectivity index (χ2n) is 10.1. The highest BCUT2D eigenvalue weighted by molar-refractivity contribution is 7.92. The molecule has 4 heterocycles. The summed E-state index contributed by atoms with van der Waals surface area (Å²) in [7, 11) is -1.76. The van der Waals surface area contributed by atoms with Crippen LogP contribution in [0.5, 0.6) is 0 Å². The average Bonchev–Trinajstić information content (AvgIpc) is 3.45. The summed E-state index contributed by atoms with van der Waals surface area (Å²) in [5.41, 5.74) is 2.69. The van der Waals surface area contributed by atoms with Gasteiger partial charge in [-0.1, -0.05) is 11.6 Å². The van der Waals surface area contributed by atoms with Crippen molar-refractivity contribution >= 4 is 44.7 Å². The number of hydrogen-bond acceptors (Lipinski definition) is 8. The Hall–Kier alpha value is -2.93. The maximum atomic E-state index is 13.8. The monoisotopic (exact) mass is 561 g/mol. The van der Waals surface area contributed by atoms with Crippen molar-refractivity contribution in [2.75, 3.05) is 42.6 Å². The van der Waals surface area contributed by atoms with Crippen molar-refractivity contribution in [3.05, 3.63) is 52.3 Å². The lowest BCUT2D eigenvalue weighted by Crippen LogP contribution is -2.39. The van der Waals surface area contributed by atoms with E-state index in [1.807, 2.05) is 26.2 Å².